The van der Waals surface area contributed by atoms with Crippen LogP contribution < -0.4 is 14.4 Å². The van der Waals surface area contributed by atoms with Gasteiger partial charge in [0.25, 0.3) is 15.9 Å². The molecule has 170 valence electrons. The van der Waals surface area contributed by atoms with Gasteiger partial charge in [-0.1, -0.05) is 24.3 Å². The van der Waals surface area contributed by atoms with Gasteiger partial charge in [0.2, 0.25) is 0 Å². The molecule has 8 nitrogen and oxygen atoms in total. The molecule has 1 amide bonds. The van der Waals surface area contributed by atoms with E-state index in [9.17, 15) is 18.0 Å². The Labute approximate surface area is 191 Å². The molecule has 1 aliphatic rings. The van der Waals surface area contributed by atoms with Gasteiger partial charge in [-0.25, -0.2) is 13.2 Å². The number of carbonyl (C=O) groups excluding carboxylic acids is 2. The van der Waals surface area contributed by atoms with Crippen LogP contribution in [0.15, 0.2) is 77.7 Å². The van der Waals surface area contributed by atoms with E-state index >= 15 is 0 Å². The van der Waals surface area contributed by atoms with Gasteiger partial charge >= 0.3 is 5.97 Å². The first-order chi connectivity index (χ1) is 15.9. The van der Waals surface area contributed by atoms with Crippen LogP contribution in [-0.4, -0.2) is 40.6 Å². The van der Waals surface area contributed by atoms with Crippen LogP contribution in [0.2, 0.25) is 0 Å². The molecule has 0 saturated heterocycles. The molecule has 0 unspecified atom stereocenters. The highest BCUT2D eigenvalue weighted by atomic mass is 32.2. The lowest BCUT2D eigenvalue weighted by Gasteiger charge is -2.19. The van der Waals surface area contributed by atoms with Gasteiger partial charge in [0.05, 0.1) is 23.3 Å². The first kappa shape index (κ1) is 22.3. The van der Waals surface area contributed by atoms with Crippen LogP contribution >= 0.6 is 0 Å². The second-order valence-electron chi connectivity index (χ2n) is 7.34. The van der Waals surface area contributed by atoms with Crippen molar-refractivity contribution in [2.24, 2.45) is 0 Å². The highest BCUT2D eigenvalue weighted by Crippen LogP contribution is 2.32. The quantitative estimate of drug-likeness (QED) is 0.537. The van der Waals surface area contributed by atoms with Crippen LogP contribution in [0.5, 0.6) is 5.75 Å². The number of anilines is 2. The number of benzene rings is 3. The topological polar surface area (TPSA) is 102 Å². The molecule has 0 aromatic heterocycles. The largest absolute Gasteiger partial charge is 0.497 e. The predicted molar refractivity (Wildman–Crippen MR) is 123 cm³/mol. The van der Waals surface area contributed by atoms with Crippen LogP contribution in [0.3, 0.4) is 0 Å². The number of para-hydroxylation sites is 1. The predicted octanol–water partition coefficient (Wildman–Crippen LogP) is 3.24. The minimum absolute atomic E-state index is 0.0173. The smallest absolute Gasteiger partial charge is 0.338 e. The highest BCUT2D eigenvalue weighted by molar-refractivity contribution is 7.92. The summed E-state index contributed by atoms with van der Waals surface area (Å²) in [6, 6.07) is 19.6. The molecule has 0 fully saturated rings. The molecule has 9 heteroatoms. The maximum atomic E-state index is 13.2. The first-order valence-electron chi connectivity index (χ1n) is 10.2. The second-order valence-corrected chi connectivity index (χ2v) is 9.20. The summed E-state index contributed by atoms with van der Waals surface area (Å²) in [6.45, 7) is -0.177. The fourth-order valence-electron chi connectivity index (χ4n) is 3.55. The van der Waals surface area contributed by atoms with E-state index in [0.717, 1.165) is 5.56 Å². The molecule has 0 spiro atoms. The van der Waals surface area contributed by atoms with Crippen molar-refractivity contribution in [2.75, 3.05) is 29.9 Å². The molecule has 0 atom stereocenters. The van der Waals surface area contributed by atoms with Crippen LogP contribution in [0.25, 0.3) is 0 Å². The molecule has 3 aromatic carbocycles. The molecular formula is C24H22N2O6S. The minimum atomic E-state index is -3.85. The van der Waals surface area contributed by atoms with Crippen molar-refractivity contribution in [1.29, 1.82) is 0 Å². The lowest BCUT2D eigenvalue weighted by Crippen LogP contribution is -2.29. The van der Waals surface area contributed by atoms with Crippen molar-refractivity contribution >= 4 is 33.3 Å². The molecule has 3 aromatic rings. The number of fused-ring (bicyclic) bond motifs is 1. The lowest BCUT2D eigenvalue weighted by atomic mass is 10.2. The summed E-state index contributed by atoms with van der Waals surface area (Å²) >= 11 is 0. The molecular weight excluding hydrogens is 444 g/mol. The number of methoxy groups -OCH3 is 1. The number of ether oxygens (including phenoxy) is 2. The summed E-state index contributed by atoms with van der Waals surface area (Å²) in [5.41, 5.74) is 2.16. The Morgan fingerprint density at radius 2 is 1.76 bits per heavy atom. The van der Waals surface area contributed by atoms with E-state index < -0.39 is 28.5 Å². The summed E-state index contributed by atoms with van der Waals surface area (Å²) < 4.78 is 37.8. The number of rotatable bonds is 7. The van der Waals surface area contributed by atoms with E-state index in [-0.39, 0.29) is 10.5 Å². The van der Waals surface area contributed by atoms with Crippen molar-refractivity contribution in [2.45, 2.75) is 11.3 Å². The van der Waals surface area contributed by atoms with E-state index in [1.165, 1.54) is 35.7 Å². The zero-order valence-electron chi connectivity index (χ0n) is 17.9. The molecule has 0 aliphatic carbocycles. The van der Waals surface area contributed by atoms with Gasteiger partial charge < -0.3 is 14.8 Å². The van der Waals surface area contributed by atoms with E-state index in [2.05, 4.69) is 5.32 Å². The maximum Gasteiger partial charge on any atom is 0.338 e. The Bertz CT molecular complexity index is 1290. The number of esters is 1. The van der Waals surface area contributed by atoms with Crippen LogP contribution in [0, 0.1) is 0 Å². The van der Waals surface area contributed by atoms with Gasteiger partial charge in [0.15, 0.2) is 6.61 Å². The third-order valence-corrected chi connectivity index (χ3v) is 7.02. The Kier molecular flexibility index (Phi) is 6.32. The minimum Gasteiger partial charge on any atom is -0.497 e. The monoisotopic (exact) mass is 466 g/mol. The fraction of sp³-hybridized carbons (Fsp3) is 0.167. The number of nitrogens with zero attached hydrogens (tertiary/aromatic N) is 1. The normalized spacial score (nSPS) is 12.7. The first-order valence-corrected chi connectivity index (χ1v) is 11.6. The summed E-state index contributed by atoms with van der Waals surface area (Å²) in [5.74, 6) is -0.670. The number of hydrogen-bond acceptors (Lipinski definition) is 6. The fourth-order valence-corrected chi connectivity index (χ4v) is 5.10. The standard InChI is InChI=1S/C24H22N2O6S/c1-31-20-11-9-19(10-12-20)25-23(27)16-32-24(28)18-6-4-7-21(15-18)33(29,30)26-14-13-17-5-2-3-8-22(17)26/h2-12,15H,13-14,16H2,1H3,(H,25,27). The van der Waals surface area contributed by atoms with Gasteiger partial charge in [-0.2, -0.15) is 0 Å². The van der Waals surface area contributed by atoms with Crippen molar-refractivity contribution < 1.29 is 27.5 Å². The SMILES string of the molecule is COc1ccc(NC(=O)COC(=O)c2cccc(S(=O)(=O)N3CCc4ccccc43)c2)cc1. The molecule has 1 aliphatic heterocycles. The number of carbonyl (C=O) groups is 2. The van der Waals surface area contributed by atoms with Crippen molar-refractivity contribution in [1.82, 2.24) is 0 Å². The molecule has 4 rings (SSSR count). The zero-order chi connectivity index (χ0) is 23.4. The van der Waals surface area contributed by atoms with Crippen molar-refractivity contribution in [3.8, 4) is 5.75 Å². The molecule has 1 heterocycles. The van der Waals surface area contributed by atoms with Gasteiger partial charge in [0, 0.05) is 12.2 Å². The third kappa shape index (κ3) is 4.83. The average Bonchev–Trinajstić information content (AvgIpc) is 3.28. The Hall–Kier alpha value is -3.85. The Morgan fingerprint density at radius 3 is 2.52 bits per heavy atom. The average molecular weight is 467 g/mol. The number of nitrogens with one attached hydrogen (secondary N) is 1. The summed E-state index contributed by atoms with van der Waals surface area (Å²) in [6.07, 6.45) is 0.625. The van der Waals surface area contributed by atoms with E-state index in [1.807, 2.05) is 12.1 Å². The molecule has 0 bridgehead atoms. The van der Waals surface area contributed by atoms with Gasteiger partial charge in [-0.05, 0) is 60.5 Å². The highest BCUT2D eigenvalue weighted by Gasteiger charge is 2.31. The van der Waals surface area contributed by atoms with E-state index in [1.54, 1.807) is 36.4 Å². The third-order valence-electron chi connectivity index (χ3n) is 5.21. The summed E-state index contributed by atoms with van der Waals surface area (Å²) in [5, 5.41) is 2.61. The number of hydrogen-bond donors (Lipinski definition) is 1. The molecule has 33 heavy (non-hydrogen) atoms. The second kappa shape index (κ2) is 9.33. The Morgan fingerprint density at radius 1 is 1.00 bits per heavy atom. The van der Waals surface area contributed by atoms with E-state index in [0.29, 0.717) is 30.1 Å². The van der Waals surface area contributed by atoms with Crippen LogP contribution in [0.4, 0.5) is 11.4 Å². The van der Waals surface area contributed by atoms with Crippen LogP contribution in [0.1, 0.15) is 15.9 Å². The van der Waals surface area contributed by atoms with Gasteiger partial charge in [-0.15, -0.1) is 0 Å². The Balaban J connectivity index is 1.42. The zero-order valence-corrected chi connectivity index (χ0v) is 18.7. The van der Waals surface area contributed by atoms with Crippen molar-refractivity contribution in [3.63, 3.8) is 0 Å². The maximum absolute atomic E-state index is 13.2. The number of amides is 1. The van der Waals surface area contributed by atoms with E-state index in [4.69, 9.17) is 9.47 Å². The van der Waals surface area contributed by atoms with Gasteiger partial charge in [-0.3, -0.25) is 9.10 Å². The summed E-state index contributed by atoms with van der Waals surface area (Å²) in [7, 11) is -2.31. The van der Waals surface area contributed by atoms with Crippen LogP contribution in [-0.2, 0) is 26.0 Å². The lowest BCUT2D eigenvalue weighted by molar-refractivity contribution is -0.119. The van der Waals surface area contributed by atoms with Crippen molar-refractivity contribution in [3.05, 3.63) is 83.9 Å². The molecule has 0 radical (unpaired) electrons. The molecule has 0 saturated carbocycles. The molecule has 1 N–H and O–H groups in total. The number of sulfonamides is 1. The summed E-state index contributed by atoms with van der Waals surface area (Å²) in [4.78, 5) is 24.5. The van der Waals surface area contributed by atoms with Gasteiger partial charge in [0.1, 0.15) is 5.75 Å².